The van der Waals surface area contributed by atoms with Crippen LogP contribution in [0.4, 0.5) is 11.4 Å². The monoisotopic (exact) mass is 440 g/mol. The first-order valence-electron chi connectivity index (χ1n) is 7.67. The number of anilines is 2. The Morgan fingerprint density at radius 2 is 2.04 bits per heavy atom. The molecule has 1 N–H and O–H groups in total. The molecule has 1 heterocycles. The van der Waals surface area contributed by atoms with Crippen LogP contribution in [-0.2, 0) is 9.59 Å². The van der Waals surface area contributed by atoms with Crippen molar-refractivity contribution in [3.05, 3.63) is 56.5 Å². The predicted molar refractivity (Wildman–Crippen MR) is 104 cm³/mol. The quantitative estimate of drug-likeness (QED) is 0.723. The molecule has 25 heavy (non-hydrogen) atoms. The van der Waals surface area contributed by atoms with Crippen molar-refractivity contribution in [1.29, 1.82) is 0 Å². The molecule has 1 aliphatic heterocycles. The Hall–Kier alpha value is -1.56. The minimum absolute atomic E-state index is 0.0898. The van der Waals surface area contributed by atoms with Crippen LogP contribution in [0.5, 0.6) is 0 Å². The standard InChI is InChI=1S/C18H15BrCl2N2O2/c1-10-5-14(19)15(21)8-16(10)22-18(25)11-6-17(24)23(9-11)13-4-2-3-12(20)7-13/h2-5,7-8,11H,6,9H2,1H3,(H,22,25)/t11-/m0/s1. The summed E-state index contributed by atoms with van der Waals surface area (Å²) in [6.07, 6.45) is 0.168. The zero-order valence-corrected chi connectivity index (χ0v) is 16.5. The van der Waals surface area contributed by atoms with Gasteiger partial charge in [0.15, 0.2) is 0 Å². The molecule has 0 radical (unpaired) electrons. The number of amides is 2. The molecule has 3 rings (SSSR count). The van der Waals surface area contributed by atoms with E-state index in [-0.39, 0.29) is 18.2 Å². The van der Waals surface area contributed by atoms with Gasteiger partial charge in [-0.3, -0.25) is 9.59 Å². The maximum atomic E-state index is 12.6. The van der Waals surface area contributed by atoms with Crippen LogP contribution in [0.25, 0.3) is 0 Å². The number of benzene rings is 2. The first kappa shape index (κ1) is 18.2. The molecule has 1 fully saturated rings. The van der Waals surface area contributed by atoms with Crippen molar-refractivity contribution in [2.75, 3.05) is 16.8 Å². The lowest BCUT2D eigenvalue weighted by Crippen LogP contribution is -2.28. The van der Waals surface area contributed by atoms with E-state index in [2.05, 4.69) is 21.2 Å². The molecule has 0 aromatic heterocycles. The molecule has 0 unspecified atom stereocenters. The van der Waals surface area contributed by atoms with Crippen molar-refractivity contribution in [1.82, 2.24) is 0 Å². The van der Waals surface area contributed by atoms with Gasteiger partial charge in [0.2, 0.25) is 11.8 Å². The third-order valence-electron chi connectivity index (χ3n) is 4.14. The molecule has 2 aromatic carbocycles. The summed E-state index contributed by atoms with van der Waals surface area (Å²) in [6.45, 7) is 2.21. The van der Waals surface area contributed by atoms with E-state index in [0.717, 1.165) is 10.0 Å². The van der Waals surface area contributed by atoms with Gasteiger partial charge in [0.1, 0.15) is 0 Å². The summed E-state index contributed by atoms with van der Waals surface area (Å²) < 4.78 is 0.771. The lowest BCUT2D eigenvalue weighted by atomic mass is 10.1. The second kappa shape index (κ2) is 7.36. The SMILES string of the molecule is Cc1cc(Br)c(Cl)cc1NC(=O)[C@H]1CC(=O)N(c2cccc(Cl)c2)C1. The van der Waals surface area contributed by atoms with Crippen molar-refractivity contribution >= 4 is 62.3 Å². The van der Waals surface area contributed by atoms with Crippen molar-refractivity contribution in [3.8, 4) is 0 Å². The van der Waals surface area contributed by atoms with E-state index < -0.39 is 5.92 Å². The summed E-state index contributed by atoms with van der Waals surface area (Å²) >= 11 is 15.4. The molecule has 2 amide bonds. The van der Waals surface area contributed by atoms with Crippen LogP contribution in [0.15, 0.2) is 40.9 Å². The molecule has 0 bridgehead atoms. The fourth-order valence-corrected chi connectivity index (χ4v) is 3.60. The number of carbonyl (C=O) groups excluding carboxylic acids is 2. The summed E-state index contributed by atoms with van der Waals surface area (Å²) in [5.74, 6) is -0.708. The average molecular weight is 442 g/mol. The van der Waals surface area contributed by atoms with E-state index in [0.29, 0.717) is 28.0 Å². The van der Waals surface area contributed by atoms with Crippen LogP contribution in [0, 0.1) is 12.8 Å². The normalized spacial score (nSPS) is 17.0. The number of carbonyl (C=O) groups is 2. The largest absolute Gasteiger partial charge is 0.325 e. The molecule has 1 atom stereocenters. The minimum Gasteiger partial charge on any atom is -0.325 e. The van der Waals surface area contributed by atoms with Crippen LogP contribution >= 0.6 is 39.1 Å². The topological polar surface area (TPSA) is 49.4 Å². The Bertz CT molecular complexity index is 857. The Labute approximate surface area is 164 Å². The third kappa shape index (κ3) is 4.00. The lowest BCUT2D eigenvalue weighted by Gasteiger charge is -2.17. The first-order chi connectivity index (χ1) is 11.8. The van der Waals surface area contributed by atoms with Gasteiger partial charge in [0.25, 0.3) is 0 Å². The maximum Gasteiger partial charge on any atom is 0.229 e. The van der Waals surface area contributed by atoms with Gasteiger partial charge < -0.3 is 10.2 Å². The summed E-state index contributed by atoms with van der Waals surface area (Å²) in [6, 6.07) is 10.6. The number of nitrogens with zero attached hydrogens (tertiary/aromatic N) is 1. The highest BCUT2D eigenvalue weighted by atomic mass is 79.9. The van der Waals surface area contributed by atoms with E-state index in [1.54, 1.807) is 29.2 Å². The molecule has 1 aliphatic rings. The van der Waals surface area contributed by atoms with Gasteiger partial charge in [0, 0.05) is 33.8 Å². The molecule has 130 valence electrons. The van der Waals surface area contributed by atoms with Gasteiger partial charge in [-0.25, -0.2) is 0 Å². The van der Waals surface area contributed by atoms with E-state index >= 15 is 0 Å². The van der Waals surface area contributed by atoms with Crippen molar-refractivity contribution < 1.29 is 9.59 Å². The second-order valence-corrected chi connectivity index (χ2v) is 7.65. The number of hydrogen-bond acceptors (Lipinski definition) is 2. The smallest absolute Gasteiger partial charge is 0.229 e. The zero-order valence-electron chi connectivity index (χ0n) is 13.4. The summed E-state index contributed by atoms with van der Waals surface area (Å²) in [7, 11) is 0. The third-order valence-corrected chi connectivity index (χ3v) is 5.57. The van der Waals surface area contributed by atoms with Crippen LogP contribution in [0.1, 0.15) is 12.0 Å². The van der Waals surface area contributed by atoms with Gasteiger partial charge in [0.05, 0.1) is 10.9 Å². The van der Waals surface area contributed by atoms with E-state index in [1.807, 2.05) is 19.1 Å². The Balaban J connectivity index is 1.74. The van der Waals surface area contributed by atoms with Crippen molar-refractivity contribution in [2.45, 2.75) is 13.3 Å². The number of rotatable bonds is 3. The molecule has 4 nitrogen and oxygen atoms in total. The average Bonchev–Trinajstić information content (AvgIpc) is 2.94. The van der Waals surface area contributed by atoms with Gasteiger partial charge >= 0.3 is 0 Å². The fourth-order valence-electron chi connectivity index (χ4n) is 2.79. The summed E-state index contributed by atoms with van der Waals surface area (Å²) in [4.78, 5) is 26.5. The van der Waals surface area contributed by atoms with Gasteiger partial charge in [-0.2, -0.15) is 0 Å². The second-order valence-electron chi connectivity index (χ2n) is 5.96. The van der Waals surface area contributed by atoms with Gasteiger partial charge in [-0.05, 0) is 58.7 Å². The van der Waals surface area contributed by atoms with E-state index in [1.165, 1.54) is 0 Å². The first-order valence-corrected chi connectivity index (χ1v) is 9.22. The highest BCUT2D eigenvalue weighted by Crippen LogP contribution is 2.31. The number of hydrogen-bond donors (Lipinski definition) is 1. The van der Waals surface area contributed by atoms with Crippen LogP contribution in [0.2, 0.25) is 10.0 Å². The Kier molecular flexibility index (Phi) is 5.37. The van der Waals surface area contributed by atoms with E-state index in [4.69, 9.17) is 23.2 Å². The van der Waals surface area contributed by atoms with Crippen molar-refractivity contribution in [2.24, 2.45) is 5.92 Å². The van der Waals surface area contributed by atoms with Gasteiger partial charge in [-0.1, -0.05) is 29.3 Å². The molecule has 0 aliphatic carbocycles. The number of nitrogens with one attached hydrogen (secondary N) is 1. The zero-order chi connectivity index (χ0) is 18.1. The van der Waals surface area contributed by atoms with Crippen LogP contribution in [0.3, 0.4) is 0 Å². The van der Waals surface area contributed by atoms with Gasteiger partial charge in [-0.15, -0.1) is 0 Å². The molecule has 7 heteroatoms. The molecular formula is C18H15BrCl2N2O2. The highest BCUT2D eigenvalue weighted by Gasteiger charge is 2.35. The van der Waals surface area contributed by atoms with E-state index in [9.17, 15) is 9.59 Å². The summed E-state index contributed by atoms with van der Waals surface area (Å²) in [5.41, 5.74) is 2.24. The molecule has 0 saturated carbocycles. The molecule has 1 saturated heterocycles. The fraction of sp³-hybridized carbons (Fsp3) is 0.222. The van der Waals surface area contributed by atoms with Crippen LogP contribution < -0.4 is 10.2 Å². The number of aryl methyl sites for hydroxylation is 1. The number of halogens is 3. The highest BCUT2D eigenvalue weighted by molar-refractivity contribution is 9.10. The molecular weight excluding hydrogens is 427 g/mol. The molecule has 2 aromatic rings. The Morgan fingerprint density at radius 1 is 1.28 bits per heavy atom. The lowest BCUT2D eigenvalue weighted by molar-refractivity contribution is -0.122. The predicted octanol–water partition coefficient (Wildman–Crippen LogP) is 5.06. The summed E-state index contributed by atoms with van der Waals surface area (Å²) in [5, 5.41) is 3.95. The van der Waals surface area contributed by atoms with Crippen LogP contribution in [-0.4, -0.2) is 18.4 Å². The maximum absolute atomic E-state index is 12.6. The minimum atomic E-state index is -0.423. The van der Waals surface area contributed by atoms with Crippen molar-refractivity contribution in [3.63, 3.8) is 0 Å². The molecule has 0 spiro atoms. The Morgan fingerprint density at radius 3 is 2.76 bits per heavy atom.